The fourth-order valence-electron chi connectivity index (χ4n) is 14.4. The highest BCUT2D eigenvalue weighted by molar-refractivity contribution is 6.23. The predicted octanol–water partition coefficient (Wildman–Crippen LogP) is 25.3. The van der Waals surface area contributed by atoms with E-state index in [4.69, 9.17) is 4.42 Å². The van der Waals surface area contributed by atoms with E-state index in [-0.39, 0.29) is 0 Å². The van der Waals surface area contributed by atoms with Crippen LogP contribution in [-0.4, -0.2) is 0 Å². The first-order valence-electron chi connectivity index (χ1n) is 31.3. The zero-order valence-corrected chi connectivity index (χ0v) is 49.6. The molecule has 0 amide bonds. The Labute approximate surface area is 526 Å². The number of furan rings is 1. The predicted molar refractivity (Wildman–Crippen MR) is 387 cm³/mol. The lowest BCUT2D eigenvalue weighted by molar-refractivity contribution is 0.670. The lowest BCUT2D eigenvalue weighted by atomic mass is 9.95. The maximum Gasteiger partial charge on any atom is 0.143 e. The van der Waals surface area contributed by atoms with E-state index in [1.54, 1.807) is 0 Å². The van der Waals surface area contributed by atoms with Crippen molar-refractivity contribution in [3.8, 4) is 44.5 Å². The normalized spacial score (nSPS) is 11.7. The molecule has 424 valence electrons. The van der Waals surface area contributed by atoms with Crippen LogP contribution in [0.1, 0.15) is 0 Å². The van der Waals surface area contributed by atoms with Gasteiger partial charge in [-0.3, -0.25) is 0 Å². The van der Waals surface area contributed by atoms with Crippen molar-refractivity contribution in [2.24, 2.45) is 0 Å². The van der Waals surface area contributed by atoms with Crippen LogP contribution in [-0.2, 0) is 0 Å². The Morgan fingerprint density at radius 2 is 0.659 bits per heavy atom. The first kappa shape index (κ1) is 52.1. The van der Waals surface area contributed by atoms with Gasteiger partial charge >= 0.3 is 0 Å². The smallest absolute Gasteiger partial charge is 0.143 e. The molecule has 0 aliphatic heterocycles. The monoisotopic (exact) mass is 1160 g/mol. The van der Waals surface area contributed by atoms with Crippen LogP contribution in [0, 0.1) is 0 Å². The third-order valence-corrected chi connectivity index (χ3v) is 18.7. The molecule has 3 nitrogen and oxygen atoms in total. The molecule has 0 bridgehead atoms. The molecular weight excluding hydrogens is 1100 g/mol. The van der Waals surface area contributed by atoms with Crippen molar-refractivity contribution in [2.75, 3.05) is 9.80 Å². The van der Waals surface area contributed by atoms with E-state index in [2.05, 4.69) is 350 Å². The Kier molecular flexibility index (Phi) is 12.2. The Morgan fingerprint density at radius 3 is 1.38 bits per heavy atom. The van der Waals surface area contributed by atoms with Crippen LogP contribution in [0.25, 0.3) is 142 Å². The molecule has 91 heavy (non-hydrogen) atoms. The molecule has 0 N–H and O–H groups in total. The van der Waals surface area contributed by atoms with Crippen LogP contribution in [0.4, 0.5) is 34.1 Å². The molecule has 17 aromatic carbocycles. The minimum atomic E-state index is 0.887. The second-order valence-electron chi connectivity index (χ2n) is 23.9. The SMILES string of the molecule is c1ccc(-c2ccc3c(ccc4cc(N(c5ccc(-c6ccc7c(ccc8ccccc87)c6)cc5)c5cccc(-c6ccccc6N(c6ccc(-c7cc8ccccc8c8c7oc7ccccc78)cc6)c6cc7ccccc7c7ccccc67)c5)ccc43)c2)cc1. The highest BCUT2D eigenvalue weighted by atomic mass is 16.3. The topological polar surface area (TPSA) is 19.6 Å². The summed E-state index contributed by atoms with van der Waals surface area (Å²) in [5.41, 5.74) is 17.3. The van der Waals surface area contributed by atoms with E-state index in [1.165, 1.54) is 92.1 Å². The molecule has 0 radical (unpaired) electrons. The summed E-state index contributed by atoms with van der Waals surface area (Å²) in [5, 5.41) is 19.3. The summed E-state index contributed by atoms with van der Waals surface area (Å²) in [4.78, 5) is 4.89. The number of para-hydroxylation sites is 2. The summed E-state index contributed by atoms with van der Waals surface area (Å²) < 4.78 is 6.78. The van der Waals surface area contributed by atoms with Crippen LogP contribution in [0.15, 0.2) is 344 Å². The van der Waals surface area contributed by atoms with E-state index >= 15 is 0 Å². The number of hydrogen-bond acceptors (Lipinski definition) is 3. The lowest BCUT2D eigenvalue weighted by Crippen LogP contribution is -2.12. The number of hydrogen-bond donors (Lipinski definition) is 0. The average Bonchev–Trinajstić information content (AvgIpc) is 1.86. The first-order valence-corrected chi connectivity index (χ1v) is 31.3. The summed E-state index contributed by atoms with van der Waals surface area (Å²) in [6.07, 6.45) is 0. The number of nitrogens with zero attached hydrogens (tertiary/aromatic N) is 2. The molecule has 0 atom stereocenters. The molecule has 0 spiro atoms. The molecule has 0 saturated carbocycles. The number of fused-ring (bicyclic) bond motifs is 14. The van der Waals surface area contributed by atoms with Crippen molar-refractivity contribution >= 4 is 131 Å². The largest absolute Gasteiger partial charge is 0.455 e. The van der Waals surface area contributed by atoms with Crippen LogP contribution >= 0.6 is 0 Å². The maximum atomic E-state index is 6.78. The summed E-state index contributed by atoms with van der Waals surface area (Å²) in [6.45, 7) is 0. The molecule has 0 aliphatic rings. The van der Waals surface area contributed by atoms with Gasteiger partial charge in [0.25, 0.3) is 0 Å². The van der Waals surface area contributed by atoms with Crippen molar-refractivity contribution in [3.63, 3.8) is 0 Å². The standard InChI is InChI=1S/C88H56N2O/c1-2-17-57(18-3-1)61-41-49-76-67(51-61)35-36-68-54-72(47-50-77(68)76)89(69-43-37-58(38-44-69)62-42-48-75-66(52-62)34-33-59-19-4-7-24-73(59)75)71-23-16-22-63(53-71)78-26-12-14-31-84(78)90(85-56-65-21-5-8-25-74(65)80-28-10-11-29-81(80)85)70-45-39-60(40-46-70)83-55-64-20-6-9-27-79(64)87-82-30-13-15-32-86(82)91-88(83)87/h1-56H. The van der Waals surface area contributed by atoms with Crippen molar-refractivity contribution in [1.29, 1.82) is 0 Å². The molecule has 0 aliphatic carbocycles. The summed E-state index contributed by atoms with van der Waals surface area (Å²) >= 11 is 0. The number of anilines is 6. The molecule has 1 aromatic heterocycles. The van der Waals surface area contributed by atoms with E-state index in [0.29, 0.717) is 0 Å². The van der Waals surface area contributed by atoms with Gasteiger partial charge in [0.1, 0.15) is 11.2 Å². The van der Waals surface area contributed by atoms with E-state index < -0.39 is 0 Å². The molecular formula is C88H56N2O. The number of rotatable bonds is 10. The van der Waals surface area contributed by atoms with E-state index in [1.807, 2.05) is 0 Å². The second kappa shape index (κ2) is 21.4. The summed E-state index contributed by atoms with van der Waals surface area (Å²) in [6, 6.07) is 125. The summed E-state index contributed by atoms with van der Waals surface area (Å²) in [5.74, 6) is 0. The van der Waals surface area contributed by atoms with Crippen LogP contribution in [0.3, 0.4) is 0 Å². The van der Waals surface area contributed by atoms with Gasteiger partial charge in [0.05, 0.1) is 11.4 Å². The van der Waals surface area contributed by atoms with Gasteiger partial charge < -0.3 is 14.2 Å². The highest BCUT2D eigenvalue weighted by Gasteiger charge is 2.24. The fourth-order valence-corrected chi connectivity index (χ4v) is 14.4. The lowest BCUT2D eigenvalue weighted by Gasteiger charge is -2.30. The zero-order chi connectivity index (χ0) is 59.9. The van der Waals surface area contributed by atoms with Crippen molar-refractivity contribution in [3.05, 3.63) is 340 Å². The van der Waals surface area contributed by atoms with E-state index in [9.17, 15) is 0 Å². The maximum absolute atomic E-state index is 6.78. The van der Waals surface area contributed by atoms with Crippen molar-refractivity contribution in [1.82, 2.24) is 0 Å². The van der Waals surface area contributed by atoms with Crippen LogP contribution in [0.2, 0.25) is 0 Å². The van der Waals surface area contributed by atoms with Crippen molar-refractivity contribution < 1.29 is 4.42 Å². The second-order valence-corrected chi connectivity index (χ2v) is 23.9. The Bertz CT molecular complexity index is 5900. The van der Waals surface area contributed by atoms with Gasteiger partial charge in [-0.15, -0.1) is 0 Å². The Morgan fingerprint density at radius 1 is 0.198 bits per heavy atom. The van der Waals surface area contributed by atoms with Gasteiger partial charge in [-0.05, 0) is 188 Å². The minimum Gasteiger partial charge on any atom is -0.455 e. The Hall–Kier alpha value is -12.0. The third-order valence-electron chi connectivity index (χ3n) is 18.7. The molecule has 0 fully saturated rings. The average molecular weight is 1160 g/mol. The van der Waals surface area contributed by atoms with Gasteiger partial charge in [-0.25, -0.2) is 0 Å². The molecule has 1 heterocycles. The summed E-state index contributed by atoms with van der Waals surface area (Å²) in [7, 11) is 0. The highest BCUT2D eigenvalue weighted by Crippen LogP contribution is 2.49. The first-order chi connectivity index (χ1) is 45.1. The Balaban J connectivity index is 0.787. The molecule has 3 heteroatoms. The van der Waals surface area contributed by atoms with Crippen LogP contribution in [0.5, 0.6) is 0 Å². The van der Waals surface area contributed by atoms with Crippen molar-refractivity contribution in [2.45, 2.75) is 0 Å². The van der Waals surface area contributed by atoms with Crippen LogP contribution < -0.4 is 9.80 Å². The molecule has 18 aromatic rings. The number of benzene rings is 17. The molecule has 0 saturated heterocycles. The molecule has 18 rings (SSSR count). The third kappa shape index (κ3) is 8.89. The fraction of sp³-hybridized carbons (Fsp3) is 0. The minimum absolute atomic E-state index is 0.887. The van der Waals surface area contributed by atoms with Gasteiger partial charge in [-0.1, -0.05) is 255 Å². The zero-order valence-electron chi connectivity index (χ0n) is 49.6. The van der Waals surface area contributed by atoms with E-state index in [0.717, 1.165) is 83.9 Å². The van der Waals surface area contributed by atoms with Gasteiger partial charge in [-0.2, -0.15) is 0 Å². The quantitative estimate of drug-likeness (QED) is 0.127. The van der Waals surface area contributed by atoms with Gasteiger partial charge in [0.2, 0.25) is 0 Å². The molecule has 0 unspecified atom stereocenters. The van der Waals surface area contributed by atoms with Gasteiger partial charge in [0, 0.05) is 50.0 Å². The van der Waals surface area contributed by atoms with Gasteiger partial charge in [0.15, 0.2) is 0 Å².